The average Bonchev–Trinajstić information content (AvgIpc) is 3.47. The first-order valence-corrected chi connectivity index (χ1v) is 16.7. The van der Waals surface area contributed by atoms with E-state index in [4.69, 9.17) is 4.28 Å². The topological polar surface area (TPSA) is 130 Å². The fraction of sp³-hybridized carbons (Fsp3) is 0.290. The lowest BCUT2D eigenvalue weighted by Gasteiger charge is -2.35. The maximum absolute atomic E-state index is 14.3. The predicted octanol–water partition coefficient (Wildman–Crippen LogP) is 5.71. The molecule has 0 bridgehead atoms. The van der Waals surface area contributed by atoms with Gasteiger partial charge in [-0.15, -0.1) is 4.28 Å². The van der Waals surface area contributed by atoms with Gasteiger partial charge in [-0.3, -0.25) is 10.1 Å². The van der Waals surface area contributed by atoms with Gasteiger partial charge in [0.2, 0.25) is 0 Å². The number of hydroxylamine groups is 1. The lowest BCUT2D eigenvalue weighted by atomic mass is 10.1. The van der Waals surface area contributed by atoms with Crippen molar-refractivity contribution < 1.29 is 53.0 Å². The number of benzene rings is 2. The highest BCUT2D eigenvalue weighted by molar-refractivity contribution is 7.86. The van der Waals surface area contributed by atoms with Crippen molar-refractivity contribution >= 4 is 39.4 Å². The Bertz CT molecular complexity index is 2050. The third-order valence-electron chi connectivity index (χ3n) is 7.62. The van der Waals surface area contributed by atoms with Crippen molar-refractivity contribution in [3.05, 3.63) is 94.8 Å². The summed E-state index contributed by atoms with van der Waals surface area (Å²) in [6.07, 6.45) is -5.42. The number of carbonyl (C=O) groups excluding carboxylic acids is 2. The molecule has 0 radical (unpaired) electrons. The molecule has 0 saturated carbocycles. The largest absolute Gasteiger partial charge is 0.459 e. The number of hydrogen-bond donors (Lipinski definition) is 1. The van der Waals surface area contributed by atoms with E-state index in [0.29, 0.717) is 28.4 Å². The molecule has 1 fully saturated rings. The Morgan fingerprint density at radius 1 is 0.902 bits per heavy atom. The van der Waals surface area contributed by atoms with Crippen LogP contribution in [-0.4, -0.2) is 78.6 Å². The first-order chi connectivity index (χ1) is 23.8. The summed E-state index contributed by atoms with van der Waals surface area (Å²) in [7, 11) is -4.46. The molecule has 0 spiro atoms. The number of amides is 3. The van der Waals surface area contributed by atoms with Gasteiger partial charge in [-0.2, -0.15) is 40.5 Å². The van der Waals surface area contributed by atoms with Gasteiger partial charge in [0.05, 0.1) is 23.3 Å². The third-order valence-corrected chi connectivity index (χ3v) is 8.04. The van der Waals surface area contributed by atoms with Crippen LogP contribution < -0.4 is 15.3 Å². The fourth-order valence-corrected chi connectivity index (χ4v) is 5.48. The van der Waals surface area contributed by atoms with Crippen molar-refractivity contribution in [3.8, 4) is 5.69 Å². The molecule has 0 aliphatic carbocycles. The summed E-state index contributed by atoms with van der Waals surface area (Å²) < 4.78 is 127. The minimum absolute atomic E-state index is 0.00886. The van der Waals surface area contributed by atoms with Gasteiger partial charge in [0.15, 0.2) is 0 Å². The third kappa shape index (κ3) is 7.90. The van der Waals surface area contributed by atoms with Gasteiger partial charge >= 0.3 is 18.1 Å². The maximum atomic E-state index is 14.3. The quantitative estimate of drug-likeness (QED) is 0.180. The highest BCUT2D eigenvalue weighted by Gasteiger charge is 2.60. The van der Waals surface area contributed by atoms with Crippen LogP contribution in [0.5, 0.6) is 0 Å². The number of piperazine rings is 1. The van der Waals surface area contributed by atoms with Crippen LogP contribution in [0, 0.1) is 25.5 Å². The number of halogens is 7. The molecule has 3 heterocycles. The molecule has 0 atom stereocenters. The second-order valence-electron chi connectivity index (χ2n) is 11.4. The number of nitrogens with one attached hydrogen (secondary N) is 1. The molecule has 51 heavy (non-hydrogen) atoms. The first kappa shape index (κ1) is 37.0. The van der Waals surface area contributed by atoms with Crippen LogP contribution in [0.4, 0.5) is 52.9 Å². The molecular weight excluding hydrogens is 715 g/mol. The SMILES string of the molecule is Cc1ccc(-n2nc(C(F)(F)C(F)(F)F)cc2NC(=O)N(OS(C)(=O)=O)c2ccc(N3CCN(C(=O)c4c(F)cccc4F)CC3)nc2C)cc1. The van der Waals surface area contributed by atoms with Crippen LogP contribution in [0.2, 0.25) is 0 Å². The van der Waals surface area contributed by atoms with Crippen LogP contribution in [0.25, 0.3) is 5.69 Å². The summed E-state index contributed by atoms with van der Waals surface area (Å²) in [6, 6.07) is 10.3. The van der Waals surface area contributed by atoms with Gasteiger partial charge in [-0.05, 0) is 50.2 Å². The minimum atomic E-state index is -6.03. The van der Waals surface area contributed by atoms with Crippen molar-refractivity contribution in [3.63, 3.8) is 0 Å². The maximum Gasteiger partial charge on any atom is 0.459 e. The van der Waals surface area contributed by atoms with E-state index in [-0.39, 0.29) is 48.3 Å². The molecule has 2 aromatic heterocycles. The van der Waals surface area contributed by atoms with Gasteiger partial charge < -0.3 is 9.80 Å². The molecule has 4 aromatic rings. The zero-order valence-electron chi connectivity index (χ0n) is 26.9. The predicted molar refractivity (Wildman–Crippen MR) is 169 cm³/mol. The number of hydrogen-bond acceptors (Lipinski definition) is 8. The van der Waals surface area contributed by atoms with E-state index in [2.05, 4.69) is 15.4 Å². The van der Waals surface area contributed by atoms with Gasteiger partial charge in [0.1, 0.15) is 34.5 Å². The van der Waals surface area contributed by atoms with E-state index in [1.807, 2.05) is 0 Å². The number of rotatable bonds is 8. The van der Waals surface area contributed by atoms with Crippen molar-refractivity contribution in [2.75, 3.05) is 47.7 Å². The van der Waals surface area contributed by atoms with Crippen molar-refractivity contribution in [2.24, 2.45) is 0 Å². The highest BCUT2D eigenvalue weighted by atomic mass is 32.2. The number of pyridine rings is 1. The minimum Gasteiger partial charge on any atom is -0.353 e. The van der Waals surface area contributed by atoms with Crippen LogP contribution in [0.15, 0.2) is 60.7 Å². The summed E-state index contributed by atoms with van der Waals surface area (Å²) in [5.41, 5.74) is -1.98. The molecular formula is C31H28F7N7O5S. The number of anilines is 3. The summed E-state index contributed by atoms with van der Waals surface area (Å²) in [4.78, 5) is 33.7. The first-order valence-electron chi connectivity index (χ1n) is 14.9. The van der Waals surface area contributed by atoms with Crippen LogP contribution in [0.1, 0.15) is 27.3 Å². The van der Waals surface area contributed by atoms with Crippen molar-refractivity contribution in [2.45, 2.75) is 25.9 Å². The van der Waals surface area contributed by atoms with Crippen molar-refractivity contribution in [1.82, 2.24) is 19.7 Å². The molecule has 20 heteroatoms. The lowest BCUT2D eigenvalue weighted by Crippen LogP contribution is -2.49. The molecule has 1 aliphatic rings. The second kappa shape index (κ2) is 13.8. The fourth-order valence-electron chi connectivity index (χ4n) is 5.06. The number of aryl methyl sites for hydroxylation is 2. The standard InChI is InChI=1S/C31H28F7N7O5S/c1-18-7-9-20(10-8-18)44-26(17-24(41-44)30(34,35)31(36,37)38)40-29(47)45(50-51(3,48)49)23-11-12-25(39-19(23)2)42-13-15-43(16-14-42)28(46)27-21(32)5-4-6-22(27)33/h4-12,17H,13-16H2,1-3H3,(H,40,47). The normalized spacial score (nSPS) is 14.1. The molecule has 2 aromatic carbocycles. The van der Waals surface area contributed by atoms with E-state index in [0.717, 1.165) is 18.2 Å². The number of urea groups is 1. The van der Waals surface area contributed by atoms with E-state index in [1.165, 1.54) is 48.2 Å². The molecule has 12 nitrogen and oxygen atoms in total. The van der Waals surface area contributed by atoms with Gasteiger partial charge in [-0.25, -0.2) is 23.2 Å². The summed E-state index contributed by atoms with van der Waals surface area (Å²) >= 11 is 0. The number of nitrogens with zero attached hydrogens (tertiary/aromatic N) is 6. The van der Waals surface area contributed by atoms with Gasteiger partial charge in [0.25, 0.3) is 16.0 Å². The molecule has 0 unspecified atom stereocenters. The average molecular weight is 744 g/mol. The van der Waals surface area contributed by atoms with Crippen LogP contribution in [0.3, 0.4) is 0 Å². The Kier molecular flexibility index (Phi) is 10.0. The van der Waals surface area contributed by atoms with Crippen LogP contribution in [-0.2, 0) is 20.3 Å². The second-order valence-corrected chi connectivity index (χ2v) is 12.9. The van der Waals surface area contributed by atoms with Crippen LogP contribution >= 0.6 is 0 Å². The monoisotopic (exact) mass is 743 g/mol. The Morgan fingerprint density at radius 3 is 2.06 bits per heavy atom. The summed E-state index contributed by atoms with van der Waals surface area (Å²) in [5.74, 6) is -8.64. The molecule has 1 N–H and O–H groups in total. The Balaban J connectivity index is 1.40. The molecule has 5 rings (SSSR count). The zero-order chi connectivity index (χ0) is 37.5. The smallest absolute Gasteiger partial charge is 0.353 e. The Labute approximate surface area is 286 Å². The van der Waals surface area contributed by atoms with E-state index < -0.39 is 62.9 Å². The molecule has 1 saturated heterocycles. The Morgan fingerprint density at radius 2 is 1.51 bits per heavy atom. The van der Waals surface area contributed by atoms with Gasteiger partial charge in [0, 0.05) is 32.2 Å². The zero-order valence-corrected chi connectivity index (χ0v) is 27.7. The molecule has 272 valence electrons. The van der Waals surface area contributed by atoms with E-state index in [9.17, 15) is 48.7 Å². The Hall–Kier alpha value is -5.24. The van der Waals surface area contributed by atoms with E-state index in [1.54, 1.807) is 11.8 Å². The molecule has 3 amide bonds. The highest BCUT2D eigenvalue weighted by Crippen LogP contribution is 2.44. The number of alkyl halides is 5. The van der Waals surface area contributed by atoms with Gasteiger partial charge in [-0.1, -0.05) is 23.8 Å². The lowest BCUT2D eigenvalue weighted by molar-refractivity contribution is -0.291. The number of aromatic nitrogens is 3. The summed E-state index contributed by atoms with van der Waals surface area (Å²) in [6.45, 7) is 3.54. The van der Waals surface area contributed by atoms with Crippen molar-refractivity contribution in [1.29, 1.82) is 0 Å². The molecule has 1 aliphatic heterocycles. The number of carbonyl (C=O) groups is 2. The summed E-state index contributed by atoms with van der Waals surface area (Å²) in [5, 5.41) is 5.74. The van der Waals surface area contributed by atoms with E-state index >= 15 is 0 Å².